The van der Waals surface area contributed by atoms with Crippen LogP contribution >= 0.6 is 11.3 Å². The molecule has 3 aromatic rings. The lowest BCUT2D eigenvalue weighted by Crippen LogP contribution is -2.19. The molecular formula is C16H17N5O2S. The van der Waals surface area contributed by atoms with E-state index in [9.17, 15) is 4.79 Å². The largest absolute Gasteiger partial charge is 0.462 e. The molecule has 7 nitrogen and oxygen atoms in total. The second-order valence-electron chi connectivity index (χ2n) is 5.21. The average molecular weight is 343 g/mol. The van der Waals surface area contributed by atoms with E-state index in [1.54, 1.807) is 25.5 Å². The Morgan fingerprint density at radius 3 is 2.83 bits per heavy atom. The van der Waals surface area contributed by atoms with Crippen molar-refractivity contribution in [2.75, 3.05) is 18.6 Å². The van der Waals surface area contributed by atoms with E-state index in [0.717, 1.165) is 27.3 Å². The van der Waals surface area contributed by atoms with Gasteiger partial charge in [-0.3, -0.25) is 9.97 Å². The maximum Gasteiger partial charge on any atom is 0.348 e. The van der Waals surface area contributed by atoms with Crippen molar-refractivity contribution in [2.24, 2.45) is 0 Å². The number of aromatic nitrogens is 4. The minimum atomic E-state index is -0.319. The number of hydrogen-bond acceptors (Lipinski definition) is 8. The number of nitrogens with zero attached hydrogens (tertiary/aromatic N) is 5. The Morgan fingerprint density at radius 1 is 1.29 bits per heavy atom. The number of anilines is 1. The molecule has 0 amide bonds. The smallest absolute Gasteiger partial charge is 0.348 e. The van der Waals surface area contributed by atoms with Crippen LogP contribution in [0.2, 0.25) is 0 Å². The highest BCUT2D eigenvalue weighted by molar-refractivity contribution is 7.20. The van der Waals surface area contributed by atoms with Gasteiger partial charge in [0.2, 0.25) is 0 Å². The van der Waals surface area contributed by atoms with E-state index < -0.39 is 0 Å². The number of hydrogen-bond donors (Lipinski definition) is 0. The number of aryl methyl sites for hydroxylation is 1. The molecule has 3 aromatic heterocycles. The second-order valence-corrected chi connectivity index (χ2v) is 6.21. The normalized spacial score (nSPS) is 10.8. The summed E-state index contributed by atoms with van der Waals surface area (Å²) in [7, 11) is 1.93. The molecule has 0 aliphatic rings. The van der Waals surface area contributed by atoms with Crippen LogP contribution in [0.25, 0.3) is 10.2 Å². The first-order valence-electron chi connectivity index (χ1n) is 7.49. The van der Waals surface area contributed by atoms with Crippen LogP contribution in [0.3, 0.4) is 0 Å². The SMILES string of the molecule is CCOC(=O)c1sc2ncnc(N(C)Cc3cnccn3)c2c1C. The Balaban J connectivity index is 2.00. The summed E-state index contributed by atoms with van der Waals surface area (Å²) in [6, 6.07) is 0. The van der Waals surface area contributed by atoms with E-state index in [4.69, 9.17) is 4.74 Å². The molecule has 24 heavy (non-hydrogen) atoms. The summed E-state index contributed by atoms with van der Waals surface area (Å²) >= 11 is 1.33. The molecule has 0 aliphatic carbocycles. The van der Waals surface area contributed by atoms with Gasteiger partial charge in [-0.2, -0.15) is 0 Å². The zero-order valence-corrected chi connectivity index (χ0v) is 14.5. The monoisotopic (exact) mass is 343 g/mol. The van der Waals surface area contributed by atoms with Crippen LogP contribution in [0.4, 0.5) is 5.82 Å². The van der Waals surface area contributed by atoms with Crippen molar-refractivity contribution in [3.05, 3.63) is 41.1 Å². The van der Waals surface area contributed by atoms with Crippen LogP contribution < -0.4 is 4.90 Å². The lowest BCUT2D eigenvalue weighted by molar-refractivity contribution is 0.0531. The van der Waals surface area contributed by atoms with Crippen molar-refractivity contribution in [2.45, 2.75) is 20.4 Å². The fourth-order valence-electron chi connectivity index (χ4n) is 2.46. The van der Waals surface area contributed by atoms with Crippen molar-refractivity contribution in [1.82, 2.24) is 19.9 Å². The van der Waals surface area contributed by atoms with E-state index in [0.29, 0.717) is 18.0 Å². The minimum Gasteiger partial charge on any atom is -0.462 e. The number of carbonyl (C=O) groups is 1. The third kappa shape index (κ3) is 3.05. The van der Waals surface area contributed by atoms with E-state index in [2.05, 4.69) is 19.9 Å². The zero-order valence-electron chi connectivity index (χ0n) is 13.7. The molecule has 0 atom stereocenters. The highest BCUT2D eigenvalue weighted by Crippen LogP contribution is 2.35. The van der Waals surface area contributed by atoms with Gasteiger partial charge in [-0.15, -0.1) is 11.3 Å². The van der Waals surface area contributed by atoms with Gasteiger partial charge >= 0.3 is 5.97 Å². The molecule has 0 radical (unpaired) electrons. The Labute approximate surface area is 143 Å². The maximum atomic E-state index is 12.1. The molecule has 0 fully saturated rings. The number of thiophene rings is 1. The molecule has 8 heteroatoms. The van der Waals surface area contributed by atoms with Crippen molar-refractivity contribution >= 4 is 33.3 Å². The van der Waals surface area contributed by atoms with Crippen molar-refractivity contribution in [3.8, 4) is 0 Å². The van der Waals surface area contributed by atoms with Gasteiger partial charge in [0.1, 0.15) is 21.9 Å². The summed E-state index contributed by atoms with van der Waals surface area (Å²) in [6.07, 6.45) is 6.53. The fraction of sp³-hybridized carbons (Fsp3) is 0.312. The summed E-state index contributed by atoms with van der Waals surface area (Å²) in [5.41, 5.74) is 1.68. The van der Waals surface area contributed by atoms with Crippen molar-refractivity contribution < 1.29 is 9.53 Å². The molecule has 0 bridgehead atoms. The number of ether oxygens (including phenoxy) is 1. The van der Waals surface area contributed by atoms with Crippen molar-refractivity contribution in [3.63, 3.8) is 0 Å². The minimum absolute atomic E-state index is 0.319. The van der Waals surface area contributed by atoms with Gasteiger partial charge in [0.05, 0.1) is 30.4 Å². The number of fused-ring (bicyclic) bond motifs is 1. The third-order valence-electron chi connectivity index (χ3n) is 3.55. The topological polar surface area (TPSA) is 81.1 Å². The average Bonchev–Trinajstić information content (AvgIpc) is 2.93. The molecule has 3 heterocycles. The van der Waals surface area contributed by atoms with Gasteiger partial charge in [-0.05, 0) is 19.4 Å². The lowest BCUT2D eigenvalue weighted by Gasteiger charge is -2.18. The van der Waals surface area contributed by atoms with Gasteiger partial charge < -0.3 is 9.64 Å². The summed E-state index contributed by atoms with van der Waals surface area (Å²) in [6.45, 7) is 4.59. The Morgan fingerprint density at radius 2 is 2.12 bits per heavy atom. The zero-order chi connectivity index (χ0) is 17.1. The summed E-state index contributed by atoms with van der Waals surface area (Å²) in [5, 5.41) is 0.872. The molecule has 0 saturated heterocycles. The second kappa shape index (κ2) is 6.88. The van der Waals surface area contributed by atoms with Gasteiger partial charge in [0.15, 0.2) is 0 Å². The molecular weight excluding hydrogens is 326 g/mol. The van der Waals surface area contributed by atoms with Crippen LogP contribution in [-0.4, -0.2) is 39.6 Å². The van der Waals surface area contributed by atoms with E-state index in [1.165, 1.54) is 17.7 Å². The quantitative estimate of drug-likeness (QED) is 0.659. The molecule has 0 aliphatic heterocycles. The third-order valence-corrected chi connectivity index (χ3v) is 4.72. The Hall–Kier alpha value is -2.61. The Bertz CT molecular complexity index is 866. The Kier molecular flexibility index (Phi) is 4.66. The predicted molar refractivity (Wildman–Crippen MR) is 92.2 cm³/mol. The van der Waals surface area contributed by atoms with E-state index >= 15 is 0 Å². The van der Waals surface area contributed by atoms with Gasteiger partial charge in [-0.1, -0.05) is 0 Å². The molecule has 0 aromatic carbocycles. The highest BCUT2D eigenvalue weighted by atomic mass is 32.1. The van der Waals surface area contributed by atoms with Crippen LogP contribution in [0.15, 0.2) is 24.9 Å². The lowest BCUT2D eigenvalue weighted by atomic mass is 10.2. The van der Waals surface area contributed by atoms with Gasteiger partial charge in [0, 0.05) is 19.4 Å². The van der Waals surface area contributed by atoms with E-state index in [-0.39, 0.29) is 5.97 Å². The summed E-state index contributed by atoms with van der Waals surface area (Å²) < 4.78 is 5.13. The molecule has 124 valence electrons. The van der Waals surface area contributed by atoms with Gasteiger partial charge in [0.25, 0.3) is 0 Å². The number of carbonyl (C=O) groups excluding carboxylic acids is 1. The summed E-state index contributed by atoms with van der Waals surface area (Å²) in [5.74, 6) is 0.440. The first-order chi connectivity index (χ1) is 11.6. The fourth-order valence-corrected chi connectivity index (χ4v) is 3.50. The number of rotatable bonds is 5. The van der Waals surface area contributed by atoms with E-state index in [1.807, 2.05) is 18.9 Å². The highest BCUT2D eigenvalue weighted by Gasteiger charge is 2.21. The molecule has 3 rings (SSSR count). The molecule has 0 N–H and O–H groups in total. The standard InChI is InChI=1S/C16H17N5O2S/c1-4-23-16(22)13-10(2)12-14(19-9-20-15(12)24-13)21(3)8-11-7-17-5-6-18-11/h5-7,9H,4,8H2,1-3H3. The van der Waals surface area contributed by atoms with Crippen LogP contribution in [0, 0.1) is 6.92 Å². The predicted octanol–water partition coefficient (Wildman–Crippen LogP) is 2.60. The van der Waals surface area contributed by atoms with Crippen LogP contribution in [0.1, 0.15) is 27.9 Å². The first kappa shape index (κ1) is 16.3. The number of esters is 1. The summed E-state index contributed by atoms with van der Waals surface area (Å²) in [4.78, 5) is 32.5. The van der Waals surface area contributed by atoms with Gasteiger partial charge in [-0.25, -0.2) is 14.8 Å². The molecule has 0 saturated carbocycles. The first-order valence-corrected chi connectivity index (χ1v) is 8.30. The maximum absolute atomic E-state index is 12.1. The molecule has 0 unspecified atom stereocenters. The van der Waals surface area contributed by atoms with Crippen molar-refractivity contribution in [1.29, 1.82) is 0 Å². The van der Waals surface area contributed by atoms with Crippen LogP contribution in [0.5, 0.6) is 0 Å². The molecule has 0 spiro atoms. The van der Waals surface area contributed by atoms with Crippen LogP contribution in [-0.2, 0) is 11.3 Å².